The Kier molecular flexibility index (Phi) is 5.38. The minimum atomic E-state index is -3.74. The van der Waals surface area contributed by atoms with Gasteiger partial charge in [0.2, 0.25) is 21.8 Å². The molecule has 8 heteroatoms. The molecule has 1 heterocycles. The molecule has 1 aliphatic rings. The van der Waals surface area contributed by atoms with Crippen LogP contribution < -0.4 is 10.5 Å². The summed E-state index contributed by atoms with van der Waals surface area (Å²) < 4.78 is 26.8. The van der Waals surface area contributed by atoms with E-state index in [1.807, 2.05) is 0 Å². The van der Waals surface area contributed by atoms with Gasteiger partial charge in [0.05, 0.1) is 10.9 Å². The molecule has 3 N–H and O–H groups in total. The highest BCUT2D eigenvalue weighted by Crippen LogP contribution is 2.17. The summed E-state index contributed by atoms with van der Waals surface area (Å²) in [6.07, 6.45) is 1.03. The number of rotatable bonds is 5. The van der Waals surface area contributed by atoms with Gasteiger partial charge in [-0.25, -0.2) is 8.42 Å². The van der Waals surface area contributed by atoms with Crippen LogP contribution in [0.1, 0.15) is 19.8 Å². The van der Waals surface area contributed by atoms with Crippen molar-refractivity contribution in [3.05, 3.63) is 30.3 Å². The van der Waals surface area contributed by atoms with E-state index < -0.39 is 16.1 Å². The van der Waals surface area contributed by atoms with Gasteiger partial charge in [-0.05, 0) is 31.9 Å². The van der Waals surface area contributed by atoms with Crippen LogP contribution in [0.5, 0.6) is 0 Å². The van der Waals surface area contributed by atoms with Crippen LogP contribution in [0.25, 0.3) is 0 Å². The van der Waals surface area contributed by atoms with Gasteiger partial charge in [-0.15, -0.1) is 0 Å². The molecule has 2 rings (SSSR count). The number of hydrogen-bond acceptors (Lipinski definition) is 4. The van der Waals surface area contributed by atoms with Gasteiger partial charge in [0.15, 0.2) is 0 Å². The number of amides is 2. The number of primary amides is 1. The minimum Gasteiger partial charge on any atom is -0.369 e. The summed E-state index contributed by atoms with van der Waals surface area (Å²) in [5.74, 6) is -0.863. The molecule has 0 bridgehead atoms. The first-order valence-electron chi connectivity index (χ1n) is 7.47. The quantitative estimate of drug-likeness (QED) is 0.791. The lowest BCUT2D eigenvalue weighted by Gasteiger charge is -2.32. The highest BCUT2D eigenvalue weighted by Gasteiger charge is 2.30. The number of nitrogens with zero attached hydrogens (tertiary/aromatic N) is 1. The first-order valence-corrected chi connectivity index (χ1v) is 8.95. The number of hydrogen-bond donors (Lipinski definition) is 2. The average Bonchev–Trinajstić information content (AvgIpc) is 2.54. The average molecular weight is 339 g/mol. The van der Waals surface area contributed by atoms with Crippen molar-refractivity contribution >= 4 is 21.8 Å². The van der Waals surface area contributed by atoms with E-state index >= 15 is 0 Å². The third-order valence-electron chi connectivity index (χ3n) is 3.96. The van der Waals surface area contributed by atoms with Crippen LogP contribution in [0.15, 0.2) is 35.2 Å². The largest absolute Gasteiger partial charge is 0.369 e. The van der Waals surface area contributed by atoms with Gasteiger partial charge in [0.25, 0.3) is 0 Å². The molecule has 0 spiro atoms. The van der Waals surface area contributed by atoms with Crippen molar-refractivity contribution in [1.29, 1.82) is 0 Å². The number of nitrogens with one attached hydrogen (secondary N) is 1. The van der Waals surface area contributed by atoms with Crippen LogP contribution >= 0.6 is 0 Å². The van der Waals surface area contributed by atoms with E-state index in [1.165, 1.54) is 19.1 Å². The number of carbonyl (C=O) groups is 2. The van der Waals surface area contributed by atoms with Crippen molar-refractivity contribution in [3.8, 4) is 0 Å². The highest BCUT2D eigenvalue weighted by atomic mass is 32.2. The molecular weight excluding hydrogens is 318 g/mol. The van der Waals surface area contributed by atoms with Crippen molar-refractivity contribution in [2.75, 3.05) is 13.1 Å². The Morgan fingerprint density at radius 1 is 1.22 bits per heavy atom. The van der Waals surface area contributed by atoms with Gasteiger partial charge in [-0.1, -0.05) is 18.2 Å². The summed E-state index contributed by atoms with van der Waals surface area (Å²) in [6, 6.07) is 7.03. The van der Waals surface area contributed by atoms with Crippen molar-refractivity contribution in [2.45, 2.75) is 30.7 Å². The number of nitrogens with two attached hydrogens (primary N) is 1. The normalized spacial score (nSPS) is 17.7. The lowest BCUT2D eigenvalue weighted by atomic mass is 9.96. The fraction of sp³-hybridized carbons (Fsp3) is 0.467. The molecule has 1 aromatic rings. The molecule has 1 fully saturated rings. The van der Waals surface area contributed by atoms with Gasteiger partial charge in [0.1, 0.15) is 0 Å². The van der Waals surface area contributed by atoms with Gasteiger partial charge in [-0.3, -0.25) is 9.59 Å². The maximum absolute atomic E-state index is 12.4. The Balaban J connectivity index is 1.97. The fourth-order valence-electron chi connectivity index (χ4n) is 2.61. The van der Waals surface area contributed by atoms with E-state index in [9.17, 15) is 18.0 Å². The molecule has 23 heavy (non-hydrogen) atoms. The standard InChI is InChI=1S/C15H21N3O4S/c1-11(17-23(21,22)13-5-3-2-4-6-13)15(20)18-9-7-12(8-10-18)14(16)19/h2-6,11-12,17H,7-10H2,1H3,(H2,16,19)/t11-/m0/s1. The monoisotopic (exact) mass is 339 g/mol. The first-order chi connectivity index (χ1) is 10.8. The number of sulfonamides is 1. The molecule has 7 nitrogen and oxygen atoms in total. The predicted molar refractivity (Wildman–Crippen MR) is 84.7 cm³/mol. The van der Waals surface area contributed by atoms with Crippen molar-refractivity contribution in [3.63, 3.8) is 0 Å². The van der Waals surface area contributed by atoms with E-state index in [4.69, 9.17) is 5.73 Å². The third kappa shape index (κ3) is 4.29. The Morgan fingerprint density at radius 3 is 2.30 bits per heavy atom. The summed E-state index contributed by atoms with van der Waals surface area (Å²) in [7, 11) is -3.74. The SMILES string of the molecule is C[C@H](NS(=O)(=O)c1ccccc1)C(=O)N1CCC(C(N)=O)CC1. The predicted octanol–water partition coefficient (Wildman–Crippen LogP) is 0.0773. The molecular formula is C15H21N3O4S. The summed E-state index contributed by atoms with van der Waals surface area (Å²) in [5, 5.41) is 0. The molecule has 0 aliphatic carbocycles. The third-order valence-corrected chi connectivity index (χ3v) is 5.52. The Bertz CT molecular complexity index is 667. The zero-order chi connectivity index (χ0) is 17.0. The number of likely N-dealkylation sites (tertiary alicyclic amines) is 1. The topological polar surface area (TPSA) is 110 Å². The summed E-state index contributed by atoms with van der Waals surface area (Å²) in [6.45, 7) is 2.33. The highest BCUT2D eigenvalue weighted by molar-refractivity contribution is 7.89. The Hall–Kier alpha value is -1.93. The zero-order valence-electron chi connectivity index (χ0n) is 12.9. The summed E-state index contributed by atoms with van der Waals surface area (Å²) in [4.78, 5) is 25.2. The van der Waals surface area contributed by atoms with E-state index in [0.717, 1.165) is 0 Å². The van der Waals surface area contributed by atoms with Gasteiger partial charge < -0.3 is 10.6 Å². The molecule has 1 aromatic carbocycles. The second kappa shape index (κ2) is 7.10. The molecule has 0 aromatic heterocycles. The number of piperidine rings is 1. The van der Waals surface area contributed by atoms with Crippen molar-refractivity contribution in [1.82, 2.24) is 9.62 Å². The number of benzene rings is 1. The van der Waals surface area contributed by atoms with Crippen LogP contribution in [0.2, 0.25) is 0 Å². The number of carbonyl (C=O) groups excluding carboxylic acids is 2. The van der Waals surface area contributed by atoms with Crippen LogP contribution in [0.4, 0.5) is 0 Å². The van der Waals surface area contributed by atoms with Gasteiger partial charge in [-0.2, -0.15) is 4.72 Å². The first kappa shape index (κ1) is 17.4. The van der Waals surface area contributed by atoms with Crippen molar-refractivity contribution in [2.24, 2.45) is 11.7 Å². The van der Waals surface area contributed by atoms with Crippen LogP contribution in [0.3, 0.4) is 0 Å². The molecule has 0 radical (unpaired) electrons. The Morgan fingerprint density at radius 2 is 1.78 bits per heavy atom. The lowest BCUT2D eigenvalue weighted by molar-refractivity contribution is -0.136. The molecule has 1 atom stereocenters. The van der Waals surface area contributed by atoms with Gasteiger partial charge >= 0.3 is 0 Å². The van der Waals surface area contributed by atoms with E-state index in [2.05, 4.69) is 4.72 Å². The molecule has 0 unspecified atom stereocenters. The second-order valence-electron chi connectivity index (χ2n) is 5.66. The molecule has 1 saturated heterocycles. The smallest absolute Gasteiger partial charge is 0.241 e. The van der Waals surface area contributed by atoms with E-state index in [0.29, 0.717) is 25.9 Å². The van der Waals surface area contributed by atoms with Gasteiger partial charge in [0, 0.05) is 19.0 Å². The van der Waals surface area contributed by atoms with E-state index in [-0.39, 0.29) is 22.6 Å². The maximum Gasteiger partial charge on any atom is 0.241 e. The molecule has 2 amide bonds. The summed E-state index contributed by atoms with van der Waals surface area (Å²) in [5.41, 5.74) is 5.26. The van der Waals surface area contributed by atoms with E-state index in [1.54, 1.807) is 23.1 Å². The van der Waals surface area contributed by atoms with Crippen LogP contribution in [-0.2, 0) is 19.6 Å². The molecule has 126 valence electrons. The molecule has 1 aliphatic heterocycles. The van der Waals surface area contributed by atoms with Crippen molar-refractivity contribution < 1.29 is 18.0 Å². The minimum absolute atomic E-state index is 0.118. The fourth-order valence-corrected chi connectivity index (χ4v) is 3.83. The maximum atomic E-state index is 12.4. The lowest BCUT2D eigenvalue weighted by Crippen LogP contribution is -2.50. The summed E-state index contributed by atoms with van der Waals surface area (Å²) >= 11 is 0. The molecule has 0 saturated carbocycles. The zero-order valence-corrected chi connectivity index (χ0v) is 13.8. The van der Waals surface area contributed by atoms with Crippen LogP contribution in [0, 0.1) is 5.92 Å². The second-order valence-corrected chi connectivity index (χ2v) is 7.37. The van der Waals surface area contributed by atoms with Crippen LogP contribution in [-0.4, -0.2) is 44.3 Å². The Labute approximate surface area is 135 Å².